The number of rotatable bonds is 2. The molecule has 1 aliphatic rings. The molecule has 6 nitrogen and oxygen atoms in total. The number of amides is 1. The van der Waals surface area contributed by atoms with Gasteiger partial charge in [0.05, 0.1) is 29.3 Å². The van der Waals surface area contributed by atoms with E-state index >= 15 is 0 Å². The predicted molar refractivity (Wildman–Crippen MR) is 81.6 cm³/mol. The Kier molecular flexibility index (Phi) is 3.87. The van der Waals surface area contributed by atoms with Crippen LogP contribution < -0.4 is 0 Å². The number of hydrogen-bond acceptors (Lipinski definition) is 5. The topological polar surface area (TPSA) is 79.5 Å². The summed E-state index contributed by atoms with van der Waals surface area (Å²) in [6.07, 6.45) is 1.99. The summed E-state index contributed by atoms with van der Waals surface area (Å²) >= 11 is 0. The van der Waals surface area contributed by atoms with Crippen molar-refractivity contribution in [1.29, 1.82) is 0 Å². The molecule has 2 unspecified atom stereocenters. The van der Waals surface area contributed by atoms with Gasteiger partial charge in [0.15, 0.2) is 0 Å². The minimum atomic E-state index is -0.134. The van der Waals surface area contributed by atoms with Gasteiger partial charge in [0, 0.05) is 12.2 Å². The summed E-state index contributed by atoms with van der Waals surface area (Å²) in [5.74, 6) is 0.220. The molecule has 3 heterocycles. The fourth-order valence-electron chi connectivity index (χ4n) is 3.32. The van der Waals surface area contributed by atoms with Crippen LogP contribution in [-0.4, -0.2) is 45.2 Å². The fraction of sp³-hybridized carbons (Fsp3) is 0.562. The van der Waals surface area contributed by atoms with Crippen LogP contribution in [-0.2, 0) is 0 Å². The van der Waals surface area contributed by atoms with Gasteiger partial charge in [-0.1, -0.05) is 12.1 Å². The summed E-state index contributed by atoms with van der Waals surface area (Å²) in [6, 6.07) is 1.65. The second-order valence-corrected chi connectivity index (χ2v) is 6.13. The molecule has 3 rings (SSSR count). The first-order valence-corrected chi connectivity index (χ1v) is 7.68. The van der Waals surface area contributed by atoms with Crippen molar-refractivity contribution in [3.8, 4) is 0 Å². The van der Waals surface area contributed by atoms with E-state index in [1.165, 1.54) is 0 Å². The standard InChI is InChI=1S/C16H21N3O3/c1-9-5-4-6-19(13(9)8-20)16(21)12-7-10(2)17-15-14(12)11(3)18-22-15/h7,9,13,20H,4-6,8H2,1-3H3. The Balaban J connectivity index is 2.06. The number of aliphatic hydroxyl groups excluding tert-OH is 1. The van der Waals surface area contributed by atoms with Crippen LogP contribution in [0.5, 0.6) is 0 Å². The molecule has 0 radical (unpaired) electrons. The molecule has 6 heteroatoms. The smallest absolute Gasteiger partial charge is 0.258 e. The number of piperidine rings is 1. The lowest BCUT2D eigenvalue weighted by atomic mass is 9.90. The summed E-state index contributed by atoms with van der Waals surface area (Å²) in [5.41, 5.74) is 2.34. The molecular weight excluding hydrogens is 282 g/mol. The van der Waals surface area contributed by atoms with Gasteiger partial charge in [0.1, 0.15) is 0 Å². The third-order valence-electron chi connectivity index (χ3n) is 4.54. The number of carbonyl (C=O) groups excluding carboxylic acids is 1. The van der Waals surface area contributed by atoms with Crippen molar-refractivity contribution in [2.24, 2.45) is 5.92 Å². The normalized spacial score (nSPS) is 22.3. The highest BCUT2D eigenvalue weighted by Gasteiger charge is 2.33. The molecule has 22 heavy (non-hydrogen) atoms. The molecule has 0 spiro atoms. The van der Waals surface area contributed by atoms with E-state index in [2.05, 4.69) is 17.1 Å². The van der Waals surface area contributed by atoms with Gasteiger partial charge in [-0.15, -0.1) is 0 Å². The minimum Gasteiger partial charge on any atom is -0.394 e. The average Bonchev–Trinajstić information content (AvgIpc) is 2.86. The Hall–Kier alpha value is -1.95. The third kappa shape index (κ3) is 2.37. The lowest BCUT2D eigenvalue weighted by Gasteiger charge is -2.39. The first-order valence-electron chi connectivity index (χ1n) is 7.68. The molecular formula is C16H21N3O3. The molecule has 1 saturated heterocycles. The molecule has 118 valence electrons. The van der Waals surface area contributed by atoms with E-state index in [0.29, 0.717) is 34.8 Å². The first kappa shape index (κ1) is 15.0. The highest BCUT2D eigenvalue weighted by molar-refractivity contribution is 6.06. The molecule has 1 N–H and O–H groups in total. The van der Waals surface area contributed by atoms with E-state index < -0.39 is 0 Å². The number of aromatic nitrogens is 2. The van der Waals surface area contributed by atoms with Gasteiger partial charge in [-0.25, -0.2) is 4.98 Å². The van der Waals surface area contributed by atoms with Crippen molar-refractivity contribution >= 4 is 17.0 Å². The summed E-state index contributed by atoms with van der Waals surface area (Å²) < 4.78 is 5.20. The number of aryl methyl sites for hydroxylation is 2. The third-order valence-corrected chi connectivity index (χ3v) is 4.54. The molecule has 0 aliphatic carbocycles. The van der Waals surface area contributed by atoms with Crippen LogP contribution in [0.4, 0.5) is 0 Å². The predicted octanol–water partition coefficient (Wildman–Crippen LogP) is 2.07. The van der Waals surface area contributed by atoms with E-state index in [1.54, 1.807) is 11.0 Å². The number of hydrogen-bond donors (Lipinski definition) is 1. The summed E-state index contributed by atoms with van der Waals surface area (Å²) in [6.45, 7) is 6.38. The van der Waals surface area contributed by atoms with Gasteiger partial charge in [-0.2, -0.15) is 0 Å². The molecule has 2 aromatic rings. The van der Waals surface area contributed by atoms with E-state index in [0.717, 1.165) is 18.5 Å². The van der Waals surface area contributed by atoms with Gasteiger partial charge in [0.2, 0.25) is 0 Å². The highest BCUT2D eigenvalue weighted by atomic mass is 16.5. The van der Waals surface area contributed by atoms with E-state index in [4.69, 9.17) is 4.52 Å². The average molecular weight is 303 g/mol. The van der Waals surface area contributed by atoms with Crippen molar-refractivity contribution < 1.29 is 14.4 Å². The Labute approximate surface area is 129 Å². The zero-order chi connectivity index (χ0) is 15.9. The van der Waals surface area contributed by atoms with Crippen molar-refractivity contribution in [2.45, 2.75) is 39.7 Å². The molecule has 2 aromatic heterocycles. The zero-order valence-corrected chi connectivity index (χ0v) is 13.2. The van der Waals surface area contributed by atoms with Crippen LogP contribution in [0.2, 0.25) is 0 Å². The van der Waals surface area contributed by atoms with Crippen LogP contribution >= 0.6 is 0 Å². The fourth-order valence-corrected chi connectivity index (χ4v) is 3.32. The number of likely N-dealkylation sites (tertiary alicyclic amines) is 1. The lowest BCUT2D eigenvalue weighted by molar-refractivity contribution is 0.0360. The van der Waals surface area contributed by atoms with Gasteiger partial charge < -0.3 is 14.5 Å². The maximum Gasteiger partial charge on any atom is 0.258 e. The second-order valence-electron chi connectivity index (χ2n) is 6.13. The van der Waals surface area contributed by atoms with E-state index in [1.807, 2.05) is 13.8 Å². The maximum absolute atomic E-state index is 13.0. The van der Waals surface area contributed by atoms with Crippen molar-refractivity contribution in [3.05, 3.63) is 23.0 Å². The summed E-state index contributed by atoms with van der Waals surface area (Å²) in [5, 5.41) is 14.3. The first-order chi connectivity index (χ1) is 10.5. The summed E-state index contributed by atoms with van der Waals surface area (Å²) in [7, 11) is 0. The lowest BCUT2D eigenvalue weighted by Crippen LogP contribution is -2.49. The molecule has 1 aliphatic heterocycles. The maximum atomic E-state index is 13.0. The molecule has 1 fully saturated rings. The van der Waals surface area contributed by atoms with Crippen LogP contribution in [0.15, 0.2) is 10.6 Å². The monoisotopic (exact) mass is 303 g/mol. The van der Waals surface area contributed by atoms with E-state index in [-0.39, 0.29) is 18.6 Å². The molecule has 1 amide bonds. The molecule has 0 saturated carbocycles. The number of aliphatic hydroxyl groups is 1. The Morgan fingerprint density at radius 3 is 3.00 bits per heavy atom. The Morgan fingerprint density at radius 1 is 1.50 bits per heavy atom. The molecule has 0 bridgehead atoms. The zero-order valence-electron chi connectivity index (χ0n) is 13.2. The van der Waals surface area contributed by atoms with Crippen molar-refractivity contribution in [2.75, 3.05) is 13.2 Å². The Morgan fingerprint density at radius 2 is 2.27 bits per heavy atom. The Bertz CT molecular complexity index is 710. The molecule has 0 aromatic carbocycles. The minimum absolute atomic E-state index is 0.0112. The number of nitrogens with zero attached hydrogens (tertiary/aromatic N) is 3. The second kappa shape index (κ2) is 5.68. The van der Waals surface area contributed by atoms with Crippen LogP contribution in [0.25, 0.3) is 11.1 Å². The van der Waals surface area contributed by atoms with Crippen molar-refractivity contribution in [1.82, 2.24) is 15.0 Å². The van der Waals surface area contributed by atoms with Crippen molar-refractivity contribution in [3.63, 3.8) is 0 Å². The number of fused-ring (bicyclic) bond motifs is 1. The quantitative estimate of drug-likeness (QED) is 0.918. The molecule has 2 atom stereocenters. The summed E-state index contributed by atoms with van der Waals surface area (Å²) in [4.78, 5) is 19.1. The van der Waals surface area contributed by atoms with Crippen LogP contribution in [0.3, 0.4) is 0 Å². The van der Waals surface area contributed by atoms with Gasteiger partial charge >= 0.3 is 0 Å². The van der Waals surface area contributed by atoms with Gasteiger partial charge in [0.25, 0.3) is 11.6 Å². The number of carbonyl (C=O) groups is 1. The number of pyridine rings is 1. The van der Waals surface area contributed by atoms with Crippen LogP contribution in [0, 0.1) is 19.8 Å². The van der Waals surface area contributed by atoms with Crippen LogP contribution in [0.1, 0.15) is 41.5 Å². The van der Waals surface area contributed by atoms with Gasteiger partial charge in [-0.05, 0) is 38.7 Å². The SMILES string of the molecule is Cc1cc(C(=O)N2CCCC(C)C2CO)c2c(C)noc2n1. The largest absolute Gasteiger partial charge is 0.394 e. The highest BCUT2D eigenvalue weighted by Crippen LogP contribution is 2.28. The van der Waals surface area contributed by atoms with Gasteiger partial charge in [-0.3, -0.25) is 4.79 Å². The van der Waals surface area contributed by atoms with E-state index in [9.17, 15) is 9.90 Å².